The molecule has 330 valence electrons. The van der Waals surface area contributed by atoms with E-state index in [1.807, 2.05) is 0 Å². The van der Waals surface area contributed by atoms with Crippen molar-refractivity contribution in [2.75, 3.05) is 0 Å². The monoisotopic (exact) mass is 876 g/mol. The number of aryl methyl sites for hydroxylation is 12. The van der Waals surface area contributed by atoms with Crippen LogP contribution in [-0.2, 0) is 0 Å². The summed E-state index contributed by atoms with van der Waals surface area (Å²) in [6, 6.07) is 48.0. The highest BCUT2D eigenvalue weighted by Crippen LogP contribution is 2.53. The van der Waals surface area contributed by atoms with E-state index in [2.05, 4.69) is 213 Å². The molecule has 0 radical (unpaired) electrons. The van der Waals surface area contributed by atoms with Crippen molar-refractivity contribution in [3.05, 3.63) is 188 Å². The summed E-state index contributed by atoms with van der Waals surface area (Å²) >= 11 is 0. The van der Waals surface area contributed by atoms with Gasteiger partial charge in [0.25, 0.3) is 0 Å². The van der Waals surface area contributed by atoms with Crippen LogP contribution in [0.2, 0.25) is 0 Å². The summed E-state index contributed by atoms with van der Waals surface area (Å²) in [7, 11) is 0. The Balaban J connectivity index is 1.25. The predicted octanol–water partition coefficient (Wildman–Crippen LogP) is 18.4. The second kappa shape index (κ2) is 14.1. The first-order valence-electron chi connectivity index (χ1n) is 24.4. The Bertz CT molecular complexity index is 3720. The lowest BCUT2D eigenvalue weighted by atomic mass is 9.91. The molecule has 0 aliphatic heterocycles. The number of aromatic nitrogens is 2. The van der Waals surface area contributed by atoms with Crippen molar-refractivity contribution in [3.8, 4) is 44.5 Å². The molecule has 0 spiro atoms. The highest BCUT2D eigenvalue weighted by molar-refractivity contribution is 6.45. The van der Waals surface area contributed by atoms with Crippen molar-refractivity contribution >= 4 is 76.2 Å². The van der Waals surface area contributed by atoms with Gasteiger partial charge in [-0.15, -0.1) is 0 Å². The van der Waals surface area contributed by atoms with E-state index < -0.39 is 0 Å². The third-order valence-corrected chi connectivity index (χ3v) is 15.8. The number of hydrogen-bond donors (Lipinski definition) is 0. The molecule has 0 unspecified atom stereocenters. The number of fused-ring (bicyclic) bond motifs is 14. The zero-order chi connectivity index (χ0) is 46.9. The molecule has 68 heavy (non-hydrogen) atoms. The fraction of sp³-hybridized carbons (Fsp3) is 0.182. The van der Waals surface area contributed by atoms with Gasteiger partial charge in [0.05, 0.1) is 33.1 Å². The Morgan fingerprint density at radius 1 is 0.235 bits per heavy atom. The molecule has 0 N–H and O–H groups in total. The first kappa shape index (κ1) is 40.8. The van der Waals surface area contributed by atoms with Gasteiger partial charge >= 0.3 is 0 Å². The summed E-state index contributed by atoms with van der Waals surface area (Å²) in [6.45, 7) is 27.0. The molecule has 0 fully saturated rings. The second-order valence-electron chi connectivity index (χ2n) is 20.9. The van der Waals surface area contributed by atoms with Gasteiger partial charge in [0, 0.05) is 43.1 Å². The molecule has 13 aromatic rings. The molecule has 0 aliphatic rings. The van der Waals surface area contributed by atoms with Gasteiger partial charge in [0.2, 0.25) is 0 Å². The standard InChI is InChI=1S/C66H56N2/c1-33-21-37(5)57(38(6)22-33)45-13-17-49-53(29-45)67-54-30-46(58-39(7)23-34(2)24-40(58)8)14-18-50(54)63-64-52-20-16-48(60-43(11)27-36(4)28-44(60)12)32-56(52)68-55-31-47(59-41(9)25-35(3)26-42(59)10)15-19-51(55)62(66(64)68)61(49)65(63)67/h13-32H,1-12H3. The molecule has 0 amide bonds. The topological polar surface area (TPSA) is 8.82 Å². The van der Waals surface area contributed by atoms with Gasteiger partial charge in [-0.1, -0.05) is 119 Å². The molecule has 0 atom stereocenters. The molecule has 0 saturated heterocycles. The third kappa shape index (κ3) is 5.46. The molecular weight excluding hydrogens is 821 g/mol. The quantitative estimate of drug-likeness (QED) is 0.167. The molecule has 2 heteroatoms. The maximum atomic E-state index is 2.65. The number of rotatable bonds is 4. The highest BCUT2D eigenvalue weighted by atomic mass is 14.9. The SMILES string of the molecule is Cc1cc(C)c(-c2ccc3c4c5c6ccc(-c7c(C)cc(C)cc7C)cc6n6c7cc(-c8c(C)cc(C)cc8C)ccc7c(c7c8ccc(-c9c(C)cc(C)cc9C)cc8n(c3c2)c47)c56)c(C)c1. The van der Waals surface area contributed by atoms with Crippen LogP contribution in [0.25, 0.3) is 121 Å². The molecule has 2 nitrogen and oxygen atoms in total. The normalized spacial score (nSPS) is 12.4. The van der Waals surface area contributed by atoms with E-state index in [9.17, 15) is 0 Å². The van der Waals surface area contributed by atoms with Crippen LogP contribution >= 0.6 is 0 Å². The highest BCUT2D eigenvalue weighted by Gasteiger charge is 2.30. The third-order valence-electron chi connectivity index (χ3n) is 15.8. The van der Waals surface area contributed by atoms with E-state index in [0.717, 1.165) is 0 Å². The van der Waals surface area contributed by atoms with Crippen LogP contribution in [0, 0.1) is 83.1 Å². The molecule has 13 rings (SSSR count). The first-order valence-corrected chi connectivity index (χ1v) is 24.4. The second-order valence-corrected chi connectivity index (χ2v) is 20.9. The molecular formula is C66H56N2. The van der Waals surface area contributed by atoms with Crippen molar-refractivity contribution in [1.82, 2.24) is 8.80 Å². The Labute approximate surface area is 398 Å². The molecule has 4 aromatic heterocycles. The molecule has 0 aliphatic carbocycles. The van der Waals surface area contributed by atoms with E-state index in [-0.39, 0.29) is 0 Å². The van der Waals surface area contributed by atoms with Crippen molar-refractivity contribution in [2.24, 2.45) is 0 Å². The number of hydrogen-bond acceptors (Lipinski definition) is 0. The van der Waals surface area contributed by atoms with E-state index in [0.29, 0.717) is 0 Å². The minimum absolute atomic E-state index is 1.26. The van der Waals surface area contributed by atoms with Crippen LogP contribution in [-0.4, -0.2) is 8.80 Å². The molecule has 0 saturated carbocycles. The van der Waals surface area contributed by atoms with E-state index in [1.54, 1.807) is 0 Å². The lowest BCUT2D eigenvalue weighted by Crippen LogP contribution is -1.92. The van der Waals surface area contributed by atoms with Gasteiger partial charge in [-0.05, 0) is 196 Å². The number of nitrogens with zero attached hydrogens (tertiary/aromatic N) is 2. The van der Waals surface area contributed by atoms with Crippen LogP contribution in [0.3, 0.4) is 0 Å². The van der Waals surface area contributed by atoms with Crippen molar-refractivity contribution in [1.29, 1.82) is 0 Å². The van der Waals surface area contributed by atoms with E-state index in [4.69, 9.17) is 0 Å². The minimum atomic E-state index is 1.26. The Hall–Kier alpha value is -7.42. The predicted molar refractivity (Wildman–Crippen MR) is 294 cm³/mol. The van der Waals surface area contributed by atoms with Gasteiger partial charge in [-0.2, -0.15) is 0 Å². The maximum Gasteiger partial charge on any atom is 0.0634 e. The summed E-state index contributed by atoms with van der Waals surface area (Å²) in [6.07, 6.45) is 0. The van der Waals surface area contributed by atoms with Gasteiger partial charge in [0.1, 0.15) is 0 Å². The van der Waals surface area contributed by atoms with Crippen LogP contribution in [0.4, 0.5) is 0 Å². The zero-order valence-corrected chi connectivity index (χ0v) is 41.4. The summed E-state index contributed by atoms with van der Waals surface area (Å²) in [4.78, 5) is 0. The first-order chi connectivity index (χ1) is 32.7. The Morgan fingerprint density at radius 2 is 0.426 bits per heavy atom. The lowest BCUT2D eigenvalue weighted by molar-refractivity contribution is 1.31. The van der Waals surface area contributed by atoms with Crippen LogP contribution in [0.1, 0.15) is 66.8 Å². The minimum Gasteiger partial charge on any atom is -0.308 e. The van der Waals surface area contributed by atoms with Gasteiger partial charge in [-0.25, -0.2) is 0 Å². The molecule has 0 bridgehead atoms. The van der Waals surface area contributed by atoms with E-state index in [1.165, 1.54) is 187 Å². The van der Waals surface area contributed by atoms with Crippen molar-refractivity contribution < 1.29 is 0 Å². The molecule has 4 heterocycles. The summed E-state index contributed by atoms with van der Waals surface area (Å²) in [5, 5.41) is 10.6. The molecule has 9 aromatic carbocycles. The lowest BCUT2D eigenvalue weighted by Gasteiger charge is -2.13. The van der Waals surface area contributed by atoms with Crippen molar-refractivity contribution in [2.45, 2.75) is 83.1 Å². The van der Waals surface area contributed by atoms with Crippen LogP contribution < -0.4 is 0 Å². The van der Waals surface area contributed by atoms with Gasteiger partial charge < -0.3 is 8.80 Å². The Morgan fingerprint density at radius 3 is 0.618 bits per heavy atom. The van der Waals surface area contributed by atoms with Crippen LogP contribution in [0.5, 0.6) is 0 Å². The van der Waals surface area contributed by atoms with Crippen molar-refractivity contribution in [3.63, 3.8) is 0 Å². The average Bonchev–Trinajstić information content (AvgIpc) is 3.98. The van der Waals surface area contributed by atoms with Gasteiger partial charge in [0.15, 0.2) is 0 Å². The van der Waals surface area contributed by atoms with E-state index >= 15 is 0 Å². The average molecular weight is 877 g/mol. The fourth-order valence-corrected chi connectivity index (χ4v) is 13.8. The zero-order valence-electron chi connectivity index (χ0n) is 41.4. The smallest absolute Gasteiger partial charge is 0.0634 e. The Kier molecular flexibility index (Phi) is 8.44. The maximum absolute atomic E-state index is 2.65. The summed E-state index contributed by atoms with van der Waals surface area (Å²) in [5.41, 5.74) is 33.8. The van der Waals surface area contributed by atoms with Crippen LogP contribution in [0.15, 0.2) is 121 Å². The summed E-state index contributed by atoms with van der Waals surface area (Å²) in [5.74, 6) is 0. The summed E-state index contributed by atoms with van der Waals surface area (Å²) < 4.78 is 5.30. The largest absolute Gasteiger partial charge is 0.308 e. The fourth-order valence-electron chi connectivity index (χ4n) is 13.8. The van der Waals surface area contributed by atoms with Gasteiger partial charge in [-0.3, -0.25) is 0 Å². The number of benzene rings is 9.